The van der Waals surface area contributed by atoms with Crippen molar-refractivity contribution in [2.24, 2.45) is 11.8 Å². The molecule has 2 bridgehead atoms. The van der Waals surface area contributed by atoms with Gasteiger partial charge in [0.2, 0.25) is 17.7 Å². The van der Waals surface area contributed by atoms with Crippen molar-refractivity contribution in [3.8, 4) is 0 Å². The summed E-state index contributed by atoms with van der Waals surface area (Å²) < 4.78 is 6.63. The van der Waals surface area contributed by atoms with Gasteiger partial charge in [0.05, 0.1) is 17.4 Å². The Labute approximate surface area is 226 Å². The third-order valence-corrected chi connectivity index (χ3v) is 8.68. The summed E-state index contributed by atoms with van der Waals surface area (Å²) in [6, 6.07) is 6.94. The molecule has 1 spiro atoms. The molecule has 210 valence electrons. The van der Waals surface area contributed by atoms with Crippen molar-refractivity contribution in [1.29, 1.82) is 0 Å². The van der Waals surface area contributed by atoms with Crippen LogP contribution in [0.15, 0.2) is 24.3 Å². The van der Waals surface area contributed by atoms with Crippen molar-refractivity contribution in [3.05, 3.63) is 24.3 Å². The zero-order chi connectivity index (χ0) is 27.5. The monoisotopic (exact) mass is 528 g/mol. The van der Waals surface area contributed by atoms with E-state index in [0.717, 1.165) is 31.6 Å². The number of hydrogen-bond acceptors (Lipinski definition) is 6. The van der Waals surface area contributed by atoms with Crippen LogP contribution in [0.2, 0.25) is 0 Å². The largest absolute Gasteiger partial charge is 0.396 e. The number of hydrogen-bond donors (Lipinski definition) is 3. The van der Waals surface area contributed by atoms with Crippen LogP contribution < -0.4 is 15.5 Å². The molecular formula is C29H44N4O5. The zero-order valence-corrected chi connectivity index (χ0v) is 23.3. The van der Waals surface area contributed by atoms with E-state index in [1.807, 2.05) is 38.1 Å². The normalized spacial score (nSPS) is 29.4. The van der Waals surface area contributed by atoms with E-state index in [0.29, 0.717) is 44.5 Å². The topological polar surface area (TPSA) is 111 Å². The Morgan fingerprint density at radius 1 is 1.08 bits per heavy atom. The number of unbranched alkanes of at least 4 members (excludes halogenated alkanes) is 2. The average molecular weight is 529 g/mol. The fourth-order valence-electron chi connectivity index (χ4n) is 6.85. The molecule has 0 saturated carbocycles. The highest BCUT2D eigenvalue weighted by Gasteiger charge is 2.77. The van der Waals surface area contributed by atoms with Gasteiger partial charge in [-0.15, -0.1) is 0 Å². The highest BCUT2D eigenvalue weighted by molar-refractivity contribution is 6.03. The van der Waals surface area contributed by atoms with Gasteiger partial charge in [0, 0.05) is 44.2 Å². The number of ether oxygens (including phenoxy) is 1. The van der Waals surface area contributed by atoms with E-state index in [2.05, 4.69) is 29.4 Å². The number of rotatable bonds is 13. The number of carbonyl (C=O) groups is 3. The van der Waals surface area contributed by atoms with Crippen molar-refractivity contribution in [2.75, 3.05) is 43.0 Å². The zero-order valence-electron chi connectivity index (χ0n) is 23.3. The lowest BCUT2D eigenvalue weighted by Crippen LogP contribution is -2.53. The van der Waals surface area contributed by atoms with E-state index in [4.69, 9.17) is 4.74 Å². The number of nitrogens with zero attached hydrogens (tertiary/aromatic N) is 2. The Morgan fingerprint density at radius 2 is 1.79 bits per heavy atom. The van der Waals surface area contributed by atoms with Crippen LogP contribution in [0.4, 0.5) is 11.4 Å². The van der Waals surface area contributed by atoms with Crippen LogP contribution in [-0.2, 0) is 19.1 Å². The SMILES string of the molecule is CCCNC(=O)[C@@H]1[C@H]2C(=O)N(CCCCCO)C(C(=O)Nc3ccc(N(CC)CC)cc3)C23CC[C@@]1(C)O3. The van der Waals surface area contributed by atoms with E-state index in [9.17, 15) is 19.5 Å². The highest BCUT2D eigenvalue weighted by Crippen LogP contribution is 2.63. The van der Waals surface area contributed by atoms with E-state index in [1.165, 1.54) is 0 Å². The van der Waals surface area contributed by atoms with Crippen LogP contribution in [0.1, 0.15) is 66.2 Å². The van der Waals surface area contributed by atoms with Crippen molar-refractivity contribution >= 4 is 29.1 Å². The Kier molecular flexibility index (Phi) is 8.67. The molecule has 3 amide bonds. The molecule has 0 aromatic heterocycles. The smallest absolute Gasteiger partial charge is 0.250 e. The molecule has 1 aromatic rings. The number of amides is 3. The van der Waals surface area contributed by atoms with E-state index < -0.39 is 29.1 Å². The predicted molar refractivity (Wildman–Crippen MR) is 147 cm³/mol. The molecule has 3 aliphatic heterocycles. The molecule has 3 heterocycles. The Morgan fingerprint density at radius 3 is 2.42 bits per heavy atom. The molecule has 2 unspecified atom stereocenters. The fourth-order valence-corrected chi connectivity index (χ4v) is 6.85. The molecule has 3 N–H and O–H groups in total. The second kappa shape index (κ2) is 11.6. The number of nitrogens with one attached hydrogen (secondary N) is 2. The second-order valence-corrected chi connectivity index (χ2v) is 11.0. The first-order valence-corrected chi connectivity index (χ1v) is 14.3. The first kappa shape index (κ1) is 28.4. The molecule has 5 atom stereocenters. The molecule has 0 aliphatic carbocycles. The van der Waals surface area contributed by atoms with Gasteiger partial charge in [-0.3, -0.25) is 14.4 Å². The van der Waals surface area contributed by atoms with Crippen molar-refractivity contribution < 1.29 is 24.2 Å². The summed E-state index contributed by atoms with van der Waals surface area (Å²) in [6.07, 6.45) is 4.04. The van der Waals surface area contributed by atoms with Gasteiger partial charge in [-0.2, -0.15) is 0 Å². The maximum absolute atomic E-state index is 14.0. The predicted octanol–water partition coefficient (Wildman–Crippen LogP) is 2.92. The first-order valence-electron chi connectivity index (χ1n) is 14.3. The number of carbonyl (C=O) groups excluding carboxylic acids is 3. The van der Waals surface area contributed by atoms with Gasteiger partial charge < -0.3 is 30.3 Å². The van der Waals surface area contributed by atoms with Crippen LogP contribution in [0.25, 0.3) is 0 Å². The minimum absolute atomic E-state index is 0.0923. The number of likely N-dealkylation sites (tertiary alicyclic amines) is 1. The van der Waals surface area contributed by atoms with E-state index in [-0.39, 0.29) is 24.3 Å². The van der Waals surface area contributed by atoms with Crippen LogP contribution in [0.3, 0.4) is 0 Å². The maximum Gasteiger partial charge on any atom is 0.250 e. The quantitative estimate of drug-likeness (QED) is 0.340. The molecule has 38 heavy (non-hydrogen) atoms. The van der Waals surface area contributed by atoms with Crippen molar-refractivity contribution in [1.82, 2.24) is 10.2 Å². The summed E-state index contributed by atoms with van der Waals surface area (Å²) in [5.74, 6) is -1.93. The summed E-state index contributed by atoms with van der Waals surface area (Å²) in [5, 5.41) is 15.2. The maximum atomic E-state index is 14.0. The highest BCUT2D eigenvalue weighted by atomic mass is 16.5. The molecular weight excluding hydrogens is 484 g/mol. The fraction of sp³-hybridized carbons (Fsp3) is 0.690. The summed E-state index contributed by atoms with van der Waals surface area (Å²) in [6.45, 7) is 10.9. The summed E-state index contributed by atoms with van der Waals surface area (Å²) in [5.41, 5.74) is -0.0536. The van der Waals surface area contributed by atoms with Crippen molar-refractivity contribution in [3.63, 3.8) is 0 Å². The minimum Gasteiger partial charge on any atom is -0.396 e. The summed E-state index contributed by atoms with van der Waals surface area (Å²) in [7, 11) is 0. The van der Waals surface area contributed by atoms with Gasteiger partial charge >= 0.3 is 0 Å². The van der Waals surface area contributed by atoms with E-state index >= 15 is 0 Å². The lowest BCUT2D eigenvalue weighted by molar-refractivity contribution is -0.144. The Balaban J connectivity index is 1.62. The number of fused-ring (bicyclic) bond motifs is 1. The van der Waals surface area contributed by atoms with Gasteiger partial charge in [0.25, 0.3) is 0 Å². The minimum atomic E-state index is -1.03. The molecule has 3 fully saturated rings. The van der Waals surface area contributed by atoms with Crippen LogP contribution in [0, 0.1) is 11.8 Å². The molecule has 3 saturated heterocycles. The third kappa shape index (κ3) is 4.91. The van der Waals surface area contributed by atoms with Crippen LogP contribution in [0.5, 0.6) is 0 Å². The molecule has 3 aliphatic rings. The Bertz CT molecular complexity index is 1010. The molecule has 0 radical (unpaired) electrons. The van der Waals surface area contributed by atoms with Gasteiger partial charge in [-0.1, -0.05) is 6.92 Å². The molecule has 9 nitrogen and oxygen atoms in total. The lowest BCUT2D eigenvalue weighted by Gasteiger charge is -2.33. The summed E-state index contributed by atoms with van der Waals surface area (Å²) in [4.78, 5) is 45.1. The standard InChI is InChI=1S/C29H44N4O5/c1-5-17-30-25(35)22-23-27(37)33(18-9-8-10-19-34)24(29(23)16-15-28(22,4)38-29)26(36)31-20-11-13-21(14-12-20)32(6-2)7-3/h11-14,22-24,34H,5-10,15-19H2,1-4H3,(H,30,35)(H,31,36)/t22-,23-,24?,28+,29?/m0/s1. The number of aliphatic hydroxyl groups excluding tert-OH is 1. The summed E-state index contributed by atoms with van der Waals surface area (Å²) >= 11 is 0. The number of aliphatic hydroxyl groups is 1. The van der Waals surface area contributed by atoms with Gasteiger partial charge in [-0.05, 0) is 83.6 Å². The lowest BCUT2D eigenvalue weighted by atomic mass is 9.66. The Hall–Kier alpha value is -2.65. The van der Waals surface area contributed by atoms with Gasteiger partial charge in [-0.25, -0.2) is 0 Å². The third-order valence-electron chi connectivity index (χ3n) is 8.68. The molecule has 1 aromatic carbocycles. The van der Waals surface area contributed by atoms with Gasteiger partial charge in [0.1, 0.15) is 11.6 Å². The number of benzene rings is 1. The van der Waals surface area contributed by atoms with E-state index in [1.54, 1.807) is 4.90 Å². The second-order valence-electron chi connectivity index (χ2n) is 11.0. The van der Waals surface area contributed by atoms with Crippen molar-refractivity contribution in [2.45, 2.75) is 83.5 Å². The van der Waals surface area contributed by atoms with Crippen LogP contribution >= 0.6 is 0 Å². The van der Waals surface area contributed by atoms with Gasteiger partial charge in [0.15, 0.2) is 0 Å². The average Bonchev–Trinajstić information content (AvgIpc) is 3.47. The number of anilines is 2. The molecule has 4 rings (SSSR count). The van der Waals surface area contributed by atoms with Crippen LogP contribution in [-0.4, -0.2) is 77.8 Å². The molecule has 9 heteroatoms. The first-order chi connectivity index (χ1) is 18.3.